The van der Waals surface area contributed by atoms with Crippen molar-refractivity contribution in [2.45, 2.75) is 24.8 Å². The zero-order valence-corrected chi connectivity index (χ0v) is 20.6. The molecule has 5 rings (SSSR count). The van der Waals surface area contributed by atoms with Crippen LogP contribution in [0.15, 0.2) is 42.2 Å². The van der Waals surface area contributed by atoms with E-state index in [0.29, 0.717) is 15.5 Å². The van der Waals surface area contributed by atoms with Gasteiger partial charge in [0, 0.05) is 34.6 Å². The highest BCUT2D eigenvalue weighted by Gasteiger charge is 2.21. The number of ether oxygens (including phenoxy) is 2. The maximum Gasteiger partial charge on any atom is 0.322 e. The Morgan fingerprint density at radius 3 is 2.59 bits per heavy atom. The van der Waals surface area contributed by atoms with Crippen LogP contribution < -0.4 is 9.47 Å². The summed E-state index contributed by atoms with van der Waals surface area (Å²) in [5.74, 6) is 1.78. The van der Waals surface area contributed by atoms with Crippen LogP contribution >= 0.6 is 12.2 Å². The number of aromatic nitrogens is 7. The van der Waals surface area contributed by atoms with Gasteiger partial charge in [-0.2, -0.15) is 4.98 Å². The van der Waals surface area contributed by atoms with Gasteiger partial charge in [0.1, 0.15) is 17.0 Å². The molecule has 0 aliphatic heterocycles. The van der Waals surface area contributed by atoms with E-state index < -0.39 is 11.2 Å². The number of aromatic amines is 3. The lowest BCUT2D eigenvalue weighted by molar-refractivity contribution is 0.407. The predicted octanol–water partition coefficient (Wildman–Crippen LogP) is 3.92. The molecule has 0 aliphatic rings. The molecule has 1 atom stereocenters. The van der Waals surface area contributed by atoms with Crippen molar-refractivity contribution in [2.24, 2.45) is 0 Å². The lowest BCUT2D eigenvalue weighted by Gasteiger charge is -2.13. The molecule has 3 N–H and O–H groups in total. The predicted molar refractivity (Wildman–Crippen MR) is 132 cm³/mol. The number of nitrogens with zero attached hydrogens (tertiary/aromatic N) is 4. The Morgan fingerprint density at radius 2 is 1.85 bits per heavy atom. The van der Waals surface area contributed by atoms with Crippen LogP contribution in [0.3, 0.4) is 0 Å². The van der Waals surface area contributed by atoms with E-state index in [-0.39, 0.29) is 5.75 Å². The third-order valence-corrected chi connectivity index (χ3v) is 6.61. The van der Waals surface area contributed by atoms with Crippen LogP contribution in [0.25, 0.3) is 22.2 Å². The average Bonchev–Trinajstić information content (AvgIpc) is 3.49. The van der Waals surface area contributed by atoms with Gasteiger partial charge in [0.25, 0.3) is 0 Å². The number of pyridine rings is 1. The third-order valence-electron chi connectivity index (χ3n) is 5.14. The zero-order chi connectivity index (χ0) is 24.2. The van der Waals surface area contributed by atoms with E-state index in [1.165, 1.54) is 6.33 Å². The number of aryl methyl sites for hydroxylation is 1. The number of fused-ring (bicyclic) bond motifs is 2. The molecular formula is C22H23N7O3S2. The molecule has 0 bridgehead atoms. The molecule has 1 unspecified atom stereocenters. The Morgan fingerprint density at radius 1 is 1.06 bits per heavy atom. The quantitative estimate of drug-likeness (QED) is 0.245. The van der Waals surface area contributed by atoms with E-state index in [1.54, 1.807) is 26.7 Å². The lowest BCUT2D eigenvalue weighted by Crippen LogP contribution is -2.10. The summed E-state index contributed by atoms with van der Waals surface area (Å²) in [5.41, 5.74) is 5.70. The summed E-state index contributed by atoms with van der Waals surface area (Å²) >= 11 is 3.58. The maximum absolute atomic E-state index is 12.7. The Bertz CT molecular complexity index is 1500. The van der Waals surface area contributed by atoms with Gasteiger partial charge in [0.2, 0.25) is 0 Å². The fourth-order valence-electron chi connectivity index (χ4n) is 3.39. The second kappa shape index (κ2) is 10.2. The van der Waals surface area contributed by atoms with E-state index in [0.717, 1.165) is 44.8 Å². The monoisotopic (exact) mass is 497 g/mol. The van der Waals surface area contributed by atoms with Crippen molar-refractivity contribution in [2.75, 3.05) is 14.2 Å². The fourth-order valence-corrected chi connectivity index (χ4v) is 4.70. The molecule has 10 nitrogen and oxygen atoms in total. The minimum atomic E-state index is -1.33. The van der Waals surface area contributed by atoms with E-state index >= 15 is 0 Å². The van der Waals surface area contributed by atoms with E-state index in [2.05, 4.69) is 34.9 Å². The molecule has 4 heterocycles. The molecular weight excluding hydrogens is 474 g/mol. The highest BCUT2D eigenvalue weighted by molar-refractivity contribution is 7.90. The maximum atomic E-state index is 12.7. The summed E-state index contributed by atoms with van der Waals surface area (Å²) in [7, 11) is 3.23. The molecule has 0 amide bonds. The van der Waals surface area contributed by atoms with Crippen LogP contribution in [-0.2, 0) is 16.9 Å². The summed E-state index contributed by atoms with van der Waals surface area (Å²) in [6, 6.07) is 5.51. The van der Waals surface area contributed by atoms with Crippen molar-refractivity contribution in [1.29, 1.82) is 0 Å². The van der Waals surface area contributed by atoms with Gasteiger partial charge >= 0.3 is 5.16 Å². The van der Waals surface area contributed by atoms with Gasteiger partial charge in [-0.05, 0) is 26.0 Å². The number of hydrogen-bond acceptors (Lipinski definition) is 8. The van der Waals surface area contributed by atoms with Crippen LogP contribution in [0.1, 0.15) is 16.8 Å². The first-order valence-electron chi connectivity index (χ1n) is 10.2. The van der Waals surface area contributed by atoms with Gasteiger partial charge < -0.3 is 24.0 Å². The van der Waals surface area contributed by atoms with Crippen LogP contribution in [-0.4, -0.2) is 53.7 Å². The highest BCUT2D eigenvalue weighted by Crippen LogP contribution is 2.27. The Balaban J connectivity index is 0.000000226. The molecule has 1 aromatic carbocycles. The van der Waals surface area contributed by atoms with Crippen molar-refractivity contribution in [3.05, 3.63) is 58.5 Å². The lowest BCUT2D eigenvalue weighted by atomic mass is 10.1. The largest absolute Gasteiger partial charge is 0.609 e. The fraction of sp³-hybridized carbons (Fsp3) is 0.227. The highest BCUT2D eigenvalue weighted by atomic mass is 32.2. The van der Waals surface area contributed by atoms with Gasteiger partial charge in [0.15, 0.2) is 16.0 Å². The van der Waals surface area contributed by atoms with Crippen molar-refractivity contribution in [3.8, 4) is 11.5 Å². The molecule has 12 heteroatoms. The van der Waals surface area contributed by atoms with Crippen molar-refractivity contribution in [3.63, 3.8) is 0 Å². The molecule has 4 aromatic heterocycles. The number of methoxy groups -OCH3 is 2. The van der Waals surface area contributed by atoms with Gasteiger partial charge in [-0.3, -0.25) is 9.97 Å². The minimum Gasteiger partial charge on any atom is -0.609 e. The van der Waals surface area contributed by atoms with Crippen LogP contribution in [0.4, 0.5) is 0 Å². The Kier molecular flexibility index (Phi) is 7.10. The minimum absolute atomic E-state index is 0.277. The average molecular weight is 498 g/mol. The summed E-state index contributed by atoms with van der Waals surface area (Å²) in [6.45, 7) is 3.86. The molecule has 0 fully saturated rings. The summed E-state index contributed by atoms with van der Waals surface area (Å²) in [5, 5.41) is 0.430. The van der Waals surface area contributed by atoms with Crippen molar-refractivity contribution < 1.29 is 14.0 Å². The second-order valence-corrected chi connectivity index (χ2v) is 9.05. The molecule has 34 heavy (non-hydrogen) atoms. The van der Waals surface area contributed by atoms with Crippen molar-refractivity contribution >= 4 is 45.6 Å². The normalized spacial score (nSPS) is 11.8. The van der Waals surface area contributed by atoms with Crippen LogP contribution in [0.2, 0.25) is 0 Å². The molecule has 176 valence electrons. The third kappa shape index (κ3) is 4.88. The van der Waals surface area contributed by atoms with Gasteiger partial charge in [-0.25, -0.2) is 9.97 Å². The van der Waals surface area contributed by atoms with Gasteiger partial charge in [-0.15, -0.1) is 0 Å². The number of benzene rings is 1. The SMILES string of the molecule is COc1ccc2[nH]c([S+]([O-])Cc3ncc(C)c(OC)c3C)nc2c1.S=c1nc[nH]c2nc[nH]c12. The number of imidazole rings is 2. The molecule has 0 radical (unpaired) electrons. The standard InChI is InChI=1S/C17H19N3O3S.C5H4N4S/c1-10-8-18-15(11(2)16(10)23-4)9-24(21)17-19-13-6-5-12(22-3)7-14(13)20-17;10-5-3-4(7-1-6-3)8-2-9-5/h5-8H,9H2,1-4H3,(H,19,20);1-2H,(H2,6,7,8,9,10). The Hall–Kier alpha value is -3.48. The molecule has 0 spiro atoms. The summed E-state index contributed by atoms with van der Waals surface area (Å²) < 4.78 is 23.8. The van der Waals surface area contributed by atoms with Crippen molar-refractivity contribution in [1.82, 2.24) is 34.9 Å². The molecule has 0 saturated heterocycles. The second-order valence-electron chi connectivity index (χ2n) is 7.29. The molecule has 0 aliphatic carbocycles. The number of rotatable bonds is 5. The summed E-state index contributed by atoms with van der Waals surface area (Å²) in [6.07, 6.45) is 4.85. The van der Waals surface area contributed by atoms with Crippen LogP contribution in [0.5, 0.6) is 11.5 Å². The molecule has 0 saturated carbocycles. The van der Waals surface area contributed by atoms with Gasteiger partial charge in [-0.1, -0.05) is 12.2 Å². The van der Waals surface area contributed by atoms with Crippen LogP contribution in [0, 0.1) is 18.5 Å². The topological polar surface area (TPSA) is 140 Å². The van der Waals surface area contributed by atoms with E-state index in [1.807, 2.05) is 32.0 Å². The van der Waals surface area contributed by atoms with Gasteiger partial charge in [0.05, 0.1) is 43.6 Å². The summed E-state index contributed by atoms with van der Waals surface area (Å²) in [4.78, 5) is 25.5. The first-order valence-corrected chi connectivity index (χ1v) is 11.9. The van der Waals surface area contributed by atoms with E-state index in [4.69, 9.17) is 21.7 Å². The first kappa shape index (κ1) is 23.7. The number of hydrogen-bond donors (Lipinski definition) is 3. The number of H-pyrrole nitrogens is 3. The number of nitrogens with one attached hydrogen (secondary N) is 3. The Labute approximate surface area is 203 Å². The molecule has 5 aromatic rings. The smallest absolute Gasteiger partial charge is 0.322 e. The van der Waals surface area contributed by atoms with E-state index in [9.17, 15) is 4.55 Å². The zero-order valence-electron chi connectivity index (χ0n) is 19.0. The first-order chi connectivity index (χ1) is 16.4.